The molecule has 0 spiro atoms. The standard InChI is InChI=1S/C10H16O2/c1-7(2)9-5-4-8(3)6-10(9)12-11/h10-11H,3-6H2,1-2H3. The molecule has 0 bridgehead atoms. The molecule has 2 heteroatoms. The zero-order chi connectivity index (χ0) is 9.14. The molecule has 1 rings (SSSR count). The molecule has 0 aromatic rings. The van der Waals surface area contributed by atoms with Gasteiger partial charge in [0.25, 0.3) is 0 Å². The second-order valence-electron chi connectivity index (χ2n) is 3.57. The van der Waals surface area contributed by atoms with Crippen molar-refractivity contribution in [2.75, 3.05) is 0 Å². The highest BCUT2D eigenvalue weighted by atomic mass is 17.1. The number of hydrogen-bond donors (Lipinski definition) is 1. The molecule has 0 amide bonds. The van der Waals surface area contributed by atoms with E-state index in [2.05, 4.69) is 25.3 Å². The highest BCUT2D eigenvalue weighted by Crippen LogP contribution is 2.30. The van der Waals surface area contributed by atoms with E-state index < -0.39 is 0 Å². The highest BCUT2D eigenvalue weighted by Gasteiger charge is 2.22. The summed E-state index contributed by atoms with van der Waals surface area (Å²) in [7, 11) is 0. The predicted octanol–water partition coefficient (Wildman–Crippen LogP) is 2.92. The van der Waals surface area contributed by atoms with Gasteiger partial charge in [-0.15, -0.1) is 0 Å². The lowest BCUT2D eigenvalue weighted by Gasteiger charge is -2.25. The van der Waals surface area contributed by atoms with Crippen LogP contribution in [0.1, 0.15) is 33.1 Å². The van der Waals surface area contributed by atoms with Gasteiger partial charge in [0.05, 0.1) is 0 Å². The van der Waals surface area contributed by atoms with Crippen molar-refractivity contribution in [1.29, 1.82) is 0 Å². The van der Waals surface area contributed by atoms with Crippen LogP contribution in [0.4, 0.5) is 0 Å². The summed E-state index contributed by atoms with van der Waals surface area (Å²) >= 11 is 0. The summed E-state index contributed by atoms with van der Waals surface area (Å²) < 4.78 is 0. The van der Waals surface area contributed by atoms with Crippen molar-refractivity contribution in [1.82, 2.24) is 0 Å². The molecule has 1 fully saturated rings. The molecular formula is C10H16O2. The summed E-state index contributed by atoms with van der Waals surface area (Å²) in [5, 5.41) is 8.65. The van der Waals surface area contributed by atoms with E-state index in [4.69, 9.17) is 5.26 Å². The molecule has 1 atom stereocenters. The summed E-state index contributed by atoms with van der Waals surface area (Å²) in [5.41, 5.74) is 3.64. The average molecular weight is 168 g/mol. The van der Waals surface area contributed by atoms with E-state index in [1.807, 2.05) is 0 Å². The Morgan fingerprint density at radius 3 is 2.67 bits per heavy atom. The van der Waals surface area contributed by atoms with Crippen LogP contribution in [0.5, 0.6) is 0 Å². The summed E-state index contributed by atoms with van der Waals surface area (Å²) in [6.45, 7) is 7.99. The monoisotopic (exact) mass is 168 g/mol. The van der Waals surface area contributed by atoms with E-state index >= 15 is 0 Å². The minimum atomic E-state index is -0.142. The first kappa shape index (κ1) is 9.49. The van der Waals surface area contributed by atoms with Crippen molar-refractivity contribution >= 4 is 0 Å². The Kier molecular flexibility index (Phi) is 3.06. The second-order valence-corrected chi connectivity index (χ2v) is 3.57. The molecule has 12 heavy (non-hydrogen) atoms. The maximum Gasteiger partial charge on any atom is 0.118 e. The van der Waals surface area contributed by atoms with Gasteiger partial charge >= 0.3 is 0 Å². The van der Waals surface area contributed by atoms with E-state index in [0.29, 0.717) is 0 Å². The topological polar surface area (TPSA) is 29.5 Å². The SMILES string of the molecule is C=C1CCC(=C(C)C)C(OO)C1. The molecular weight excluding hydrogens is 152 g/mol. The number of hydrogen-bond acceptors (Lipinski definition) is 2. The van der Waals surface area contributed by atoms with Crippen LogP contribution in [0.3, 0.4) is 0 Å². The van der Waals surface area contributed by atoms with Gasteiger partial charge in [-0.3, -0.25) is 5.26 Å². The summed E-state index contributed by atoms with van der Waals surface area (Å²) in [6.07, 6.45) is 2.63. The molecule has 1 N–H and O–H groups in total. The van der Waals surface area contributed by atoms with Gasteiger partial charge in [0.1, 0.15) is 6.10 Å². The van der Waals surface area contributed by atoms with E-state index in [9.17, 15) is 0 Å². The van der Waals surface area contributed by atoms with Gasteiger partial charge in [0.2, 0.25) is 0 Å². The molecule has 1 saturated carbocycles. The Balaban J connectivity index is 2.76. The van der Waals surface area contributed by atoms with Crippen molar-refractivity contribution in [2.24, 2.45) is 0 Å². The normalized spacial score (nSPS) is 24.4. The third-order valence-electron chi connectivity index (χ3n) is 2.38. The third kappa shape index (κ3) is 1.96. The summed E-state index contributed by atoms with van der Waals surface area (Å²) in [6, 6.07) is 0. The van der Waals surface area contributed by atoms with Gasteiger partial charge in [-0.25, -0.2) is 4.89 Å². The van der Waals surface area contributed by atoms with Gasteiger partial charge in [0, 0.05) is 6.42 Å². The van der Waals surface area contributed by atoms with Crippen LogP contribution in [0.25, 0.3) is 0 Å². The van der Waals surface area contributed by atoms with Gasteiger partial charge in [-0.2, -0.15) is 0 Å². The van der Waals surface area contributed by atoms with Gasteiger partial charge in [-0.1, -0.05) is 17.7 Å². The maximum atomic E-state index is 8.65. The molecule has 1 aliphatic carbocycles. The Labute approximate surface area is 73.5 Å². The molecule has 2 nitrogen and oxygen atoms in total. The Bertz CT molecular complexity index is 212. The summed E-state index contributed by atoms with van der Waals surface area (Å²) in [5.74, 6) is 0. The molecule has 0 aromatic heterocycles. The zero-order valence-corrected chi connectivity index (χ0v) is 7.76. The van der Waals surface area contributed by atoms with Crippen LogP contribution in [0.2, 0.25) is 0 Å². The average Bonchev–Trinajstić information content (AvgIpc) is 2.03. The quantitative estimate of drug-likeness (QED) is 0.370. The van der Waals surface area contributed by atoms with E-state index in [1.54, 1.807) is 0 Å². The lowest BCUT2D eigenvalue weighted by Crippen LogP contribution is -2.20. The van der Waals surface area contributed by atoms with Gasteiger partial charge < -0.3 is 0 Å². The first-order valence-corrected chi connectivity index (χ1v) is 4.28. The Morgan fingerprint density at radius 2 is 2.17 bits per heavy atom. The first-order chi connectivity index (χ1) is 5.65. The smallest absolute Gasteiger partial charge is 0.118 e. The molecule has 1 aliphatic rings. The highest BCUT2D eigenvalue weighted by molar-refractivity contribution is 5.23. The van der Waals surface area contributed by atoms with Crippen LogP contribution >= 0.6 is 0 Å². The molecule has 0 radical (unpaired) electrons. The fraction of sp³-hybridized carbons (Fsp3) is 0.600. The molecule has 0 aliphatic heterocycles. The minimum Gasteiger partial charge on any atom is -0.251 e. The van der Waals surface area contributed by atoms with Crippen LogP contribution in [-0.4, -0.2) is 11.4 Å². The van der Waals surface area contributed by atoms with E-state index in [0.717, 1.165) is 19.3 Å². The van der Waals surface area contributed by atoms with Crippen LogP contribution in [0, 0.1) is 0 Å². The lowest BCUT2D eigenvalue weighted by atomic mass is 9.87. The van der Waals surface area contributed by atoms with Crippen molar-refractivity contribution in [3.05, 3.63) is 23.3 Å². The van der Waals surface area contributed by atoms with Gasteiger partial charge in [-0.05, 0) is 32.3 Å². The van der Waals surface area contributed by atoms with Crippen LogP contribution < -0.4 is 0 Å². The van der Waals surface area contributed by atoms with Crippen molar-refractivity contribution in [2.45, 2.75) is 39.2 Å². The van der Waals surface area contributed by atoms with Crippen LogP contribution in [-0.2, 0) is 4.89 Å². The maximum absolute atomic E-state index is 8.65. The number of allylic oxidation sites excluding steroid dienone is 1. The third-order valence-corrected chi connectivity index (χ3v) is 2.38. The fourth-order valence-electron chi connectivity index (χ4n) is 1.63. The van der Waals surface area contributed by atoms with E-state index in [1.165, 1.54) is 16.7 Å². The van der Waals surface area contributed by atoms with Crippen molar-refractivity contribution in [3.8, 4) is 0 Å². The molecule has 0 saturated heterocycles. The van der Waals surface area contributed by atoms with Crippen molar-refractivity contribution < 1.29 is 10.1 Å². The van der Waals surface area contributed by atoms with Gasteiger partial charge in [0.15, 0.2) is 0 Å². The fourth-order valence-corrected chi connectivity index (χ4v) is 1.63. The molecule has 0 heterocycles. The lowest BCUT2D eigenvalue weighted by molar-refractivity contribution is -0.269. The minimum absolute atomic E-state index is 0.142. The predicted molar refractivity (Wildman–Crippen MR) is 48.9 cm³/mol. The molecule has 68 valence electrons. The van der Waals surface area contributed by atoms with Crippen LogP contribution in [0.15, 0.2) is 23.3 Å². The first-order valence-electron chi connectivity index (χ1n) is 4.28. The van der Waals surface area contributed by atoms with E-state index in [-0.39, 0.29) is 6.10 Å². The number of rotatable bonds is 1. The zero-order valence-electron chi connectivity index (χ0n) is 7.76. The van der Waals surface area contributed by atoms with Crippen molar-refractivity contribution in [3.63, 3.8) is 0 Å². The second kappa shape index (κ2) is 3.87. The summed E-state index contributed by atoms with van der Waals surface area (Å²) in [4.78, 5) is 4.42. The molecule has 0 aromatic carbocycles. The largest absolute Gasteiger partial charge is 0.251 e. The Hall–Kier alpha value is -0.600. The Morgan fingerprint density at radius 1 is 1.50 bits per heavy atom. The molecule has 1 unspecified atom stereocenters.